The molecule has 0 bridgehead atoms. The van der Waals surface area contributed by atoms with Gasteiger partial charge in [-0.3, -0.25) is 0 Å². The van der Waals surface area contributed by atoms with Crippen LogP contribution in [0.25, 0.3) is 5.69 Å². The first-order valence-electron chi connectivity index (χ1n) is 8.85. The Balaban J connectivity index is 1.78. The molecule has 0 saturated heterocycles. The van der Waals surface area contributed by atoms with E-state index in [0.29, 0.717) is 18.2 Å². The van der Waals surface area contributed by atoms with E-state index in [0.717, 1.165) is 17.7 Å². The third-order valence-electron chi connectivity index (χ3n) is 3.95. The number of pyridine rings is 1. The number of benzene rings is 1. The standard InChI is InChI=1S/C19H21F3N6O/c1-12-7-16(24-13(2)10-29-3)25-17(8-12)26-18-23-11-28(27-18)15-6-4-5-14(9-15)19(20,21)22/h4-9,11,13H,10H2,1-3H3,(H2,24,25,26,27). The molecule has 0 saturated carbocycles. The molecule has 10 heteroatoms. The van der Waals surface area contributed by atoms with Gasteiger partial charge in [-0.2, -0.15) is 18.2 Å². The van der Waals surface area contributed by atoms with Crippen LogP contribution in [0.3, 0.4) is 0 Å². The predicted molar refractivity (Wildman–Crippen MR) is 104 cm³/mol. The number of halogens is 3. The van der Waals surface area contributed by atoms with Crippen LogP contribution in [0.2, 0.25) is 0 Å². The molecule has 2 aromatic heterocycles. The second-order valence-electron chi connectivity index (χ2n) is 6.60. The number of ether oxygens (including phenoxy) is 1. The molecule has 0 spiro atoms. The van der Waals surface area contributed by atoms with Crippen molar-refractivity contribution in [3.8, 4) is 5.69 Å². The average molecular weight is 406 g/mol. The number of nitrogens with zero attached hydrogens (tertiary/aromatic N) is 4. The maximum absolute atomic E-state index is 12.9. The fourth-order valence-corrected chi connectivity index (χ4v) is 2.73. The molecule has 0 aliphatic heterocycles. The van der Waals surface area contributed by atoms with Crippen LogP contribution in [0.4, 0.5) is 30.8 Å². The van der Waals surface area contributed by atoms with Gasteiger partial charge in [0.05, 0.1) is 17.9 Å². The number of aromatic nitrogens is 4. The summed E-state index contributed by atoms with van der Waals surface area (Å²) < 4.78 is 45.1. The van der Waals surface area contributed by atoms with E-state index in [1.807, 2.05) is 26.0 Å². The van der Waals surface area contributed by atoms with Gasteiger partial charge in [-0.05, 0) is 49.7 Å². The van der Waals surface area contributed by atoms with Gasteiger partial charge in [-0.15, -0.1) is 5.10 Å². The van der Waals surface area contributed by atoms with E-state index in [1.54, 1.807) is 7.11 Å². The van der Waals surface area contributed by atoms with Crippen LogP contribution in [0.1, 0.15) is 18.1 Å². The van der Waals surface area contributed by atoms with Crippen molar-refractivity contribution in [2.24, 2.45) is 0 Å². The van der Waals surface area contributed by atoms with Crippen molar-refractivity contribution in [1.29, 1.82) is 0 Å². The summed E-state index contributed by atoms with van der Waals surface area (Å²) >= 11 is 0. The maximum Gasteiger partial charge on any atom is 0.416 e. The van der Waals surface area contributed by atoms with Gasteiger partial charge in [-0.1, -0.05) is 6.07 Å². The predicted octanol–water partition coefficient (Wildman–Crippen LogP) is 4.18. The molecule has 0 fully saturated rings. The lowest BCUT2D eigenvalue weighted by Gasteiger charge is -2.14. The highest BCUT2D eigenvalue weighted by Crippen LogP contribution is 2.30. The smallest absolute Gasteiger partial charge is 0.383 e. The lowest BCUT2D eigenvalue weighted by molar-refractivity contribution is -0.137. The number of nitrogens with one attached hydrogen (secondary N) is 2. The molecule has 3 rings (SSSR count). The molecule has 2 N–H and O–H groups in total. The molecular formula is C19H21F3N6O. The Hall–Kier alpha value is -3.14. The van der Waals surface area contributed by atoms with Gasteiger partial charge in [0.2, 0.25) is 5.95 Å². The van der Waals surface area contributed by atoms with Gasteiger partial charge in [0, 0.05) is 13.2 Å². The van der Waals surface area contributed by atoms with E-state index in [-0.39, 0.29) is 17.7 Å². The zero-order valence-electron chi connectivity index (χ0n) is 16.2. The molecule has 29 heavy (non-hydrogen) atoms. The molecule has 3 aromatic rings. The SMILES string of the molecule is COCC(C)Nc1cc(C)cc(Nc2ncn(-c3cccc(C(F)(F)F)c3)n2)n1. The monoisotopic (exact) mass is 406 g/mol. The molecule has 2 heterocycles. The number of hydrogen-bond donors (Lipinski definition) is 2. The Kier molecular flexibility index (Phi) is 6.02. The quantitative estimate of drug-likeness (QED) is 0.613. The summed E-state index contributed by atoms with van der Waals surface area (Å²) in [6.07, 6.45) is -3.08. The lowest BCUT2D eigenvalue weighted by atomic mass is 10.2. The van der Waals surface area contributed by atoms with Crippen molar-refractivity contribution >= 4 is 17.6 Å². The second-order valence-corrected chi connectivity index (χ2v) is 6.60. The second kappa shape index (κ2) is 8.48. The van der Waals surface area contributed by atoms with Crippen LogP contribution >= 0.6 is 0 Å². The van der Waals surface area contributed by atoms with Crippen molar-refractivity contribution in [3.63, 3.8) is 0 Å². The Labute approximate surface area is 165 Å². The summed E-state index contributed by atoms with van der Waals surface area (Å²) in [6.45, 7) is 4.42. The molecule has 0 aliphatic rings. The molecule has 154 valence electrons. The van der Waals surface area contributed by atoms with E-state index < -0.39 is 11.7 Å². The first kappa shape index (κ1) is 20.6. The van der Waals surface area contributed by atoms with Crippen molar-refractivity contribution in [3.05, 3.63) is 53.9 Å². The number of aryl methyl sites for hydroxylation is 1. The normalized spacial score (nSPS) is 12.6. The van der Waals surface area contributed by atoms with Crippen molar-refractivity contribution in [2.45, 2.75) is 26.1 Å². The average Bonchev–Trinajstić information content (AvgIpc) is 3.09. The molecular weight excluding hydrogens is 385 g/mol. The Bertz CT molecular complexity index is 973. The van der Waals surface area contributed by atoms with E-state index in [2.05, 4.69) is 25.7 Å². The molecule has 0 amide bonds. The minimum absolute atomic E-state index is 0.0698. The van der Waals surface area contributed by atoms with E-state index in [4.69, 9.17) is 4.74 Å². The summed E-state index contributed by atoms with van der Waals surface area (Å²) in [5.41, 5.74) is 0.474. The highest BCUT2D eigenvalue weighted by atomic mass is 19.4. The molecule has 0 radical (unpaired) electrons. The number of anilines is 3. The van der Waals surface area contributed by atoms with Gasteiger partial charge in [0.25, 0.3) is 0 Å². The van der Waals surface area contributed by atoms with Crippen molar-refractivity contribution < 1.29 is 17.9 Å². The lowest BCUT2D eigenvalue weighted by Crippen LogP contribution is -2.21. The molecule has 0 aliphatic carbocycles. The fourth-order valence-electron chi connectivity index (χ4n) is 2.73. The molecule has 1 aromatic carbocycles. The zero-order valence-corrected chi connectivity index (χ0v) is 16.2. The zero-order chi connectivity index (χ0) is 21.0. The summed E-state index contributed by atoms with van der Waals surface area (Å²) in [6, 6.07) is 8.66. The van der Waals surface area contributed by atoms with Crippen molar-refractivity contribution in [2.75, 3.05) is 24.4 Å². The van der Waals surface area contributed by atoms with Crippen LogP contribution in [0.15, 0.2) is 42.7 Å². The van der Waals surface area contributed by atoms with Crippen LogP contribution in [-0.2, 0) is 10.9 Å². The van der Waals surface area contributed by atoms with Gasteiger partial charge >= 0.3 is 6.18 Å². The topological polar surface area (TPSA) is 76.9 Å². The summed E-state index contributed by atoms with van der Waals surface area (Å²) in [5, 5.41) is 10.4. The first-order chi connectivity index (χ1) is 13.7. The van der Waals surface area contributed by atoms with Gasteiger partial charge in [0.15, 0.2) is 0 Å². The molecule has 7 nitrogen and oxygen atoms in total. The number of hydrogen-bond acceptors (Lipinski definition) is 6. The van der Waals surface area contributed by atoms with Crippen LogP contribution in [0, 0.1) is 6.92 Å². The van der Waals surface area contributed by atoms with E-state index in [9.17, 15) is 13.2 Å². The maximum atomic E-state index is 12.9. The van der Waals surface area contributed by atoms with E-state index >= 15 is 0 Å². The minimum Gasteiger partial charge on any atom is -0.383 e. The molecule has 1 unspecified atom stereocenters. The molecule has 1 atom stereocenters. The highest BCUT2D eigenvalue weighted by molar-refractivity contribution is 5.54. The number of methoxy groups -OCH3 is 1. The summed E-state index contributed by atoms with van der Waals surface area (Å²) in [7, 11) is 1.63. The van der Waals surface area contributed by atoms with Crippen LogP contribution in [0.5, 0.6) is 0 Å². The van der Waals surface area contributed by atoms with Crippen molar-refractivity contribution in [1.82, 2.24) is 19.7 Å². The Morgan fingerprint density at radius 1 is 1.17 bits per heavy atom. The summed E-state index contributed by atoms with van der Waals surface area (Å²) in [4.78, 5) is 8.57. The van der Waals surface area contributed by atoms with Gasteiger partial charge < -0.3 is 15.4 Å². The Morgan fingerprint density at radius 3 is 2.66 bits per heavy atom. The van der Waals surface area contributed by atoms with Crippen LogP contribution < -0.4 is 10.6 Å². The summed E-state index contributed by atoms with van der Waals surface area (Å²) in [5.74, 6) is 1.39. The fraction of sp³-hybridized carbons (Fsp3) is 0.316. The third-order valence-corrected chi connectivity index (χ3v) is 3.95. The minimum atomic E-state index is -4.42. The number of rotatable bonds is 7. The third kappa shape index (κ3) is 5.44. The van der Waals surface area contributed by atoms with Crippen LogP contribution in [-0.4, -0.2) is 39.5 Å². The van der Waals surface area contributed by atoms with Gasteiger partial charge in [-0.25, -0.2) is 9.67 Å². The number of alkyl halides is 3. The van der Waals surface area contributed by atoms with Gasteiger partial charge in [0.1, 0.15) is 18.0 Å². The van der Waals surface area contributed by atoms with E-state index in [1.165, 1.54) is 23.1 Å². The highest BCUT2D eigenvalue weighted by Gasteiger charge is 2.30. The first-order valence-corrected chi connectivity index (χ1v) is 8.85. The largest absolute Gasteiger partial charge is 0.416 e. The Morgan fingerprint density at radius 2 is 1.93 bits per heavy atom.